The SMILES string of the molecule is C/C=C(/CC(/C=C/CCC)C/C(C)=C/C)NC. The third kappa shape index (κ3) is 7.84. The van der Waals surface area contributed by atoms with Crippen LogP contribution in [-0.2, 0) is 0 Å². The summed E-state index contributed by atoms with van der Waals surface area (Å²) in [6.45, 7) is 8.66. The Morgan fingerprint density at radius 1 is 1.18 bits per heavy atom. The third-order valence-corrected chi connectivity index (χ3v) is 3.09. The van der Waals surface area contributed by atoms with Gasteiger partial charge in [0.05, 0.1) is 0 Å². The van der Waals surface area contributed by atoms with E-state index in [1.54, 1.807) is 0 Å². The van der Waals surface area contributed by atoms with Gasteiger partial charge in [-0.3, -0.25) is 0 Å². The molecule has 0 aliphatic carbocycles. The number of unbranched alkanes of at least 4 members (excludes halogenated alkanes) is 1. The normalized spacial score (nSPS) is 15.4. The second-order valence-corrected chi connectivity index (χ2v) is 4.58. The van der Waals surface area contributed by atoms with Gasteiger partial charge in [0, 0.05) is 12.7 Å². The van der Waals surface area contributed by atoms with Crippen LogP contribution >= 0.6 is 0 Å². The van der Waals surface area contributed by atoms with E-state index >= 15 is 0 Å². The van der Waals surface area contributed by atoms with Crippen LogP contribution < -0.4 is 5.32 Å². The number of hydrogen-bond donors (Lipinski definition) is 1. The average Bonchev–Trinajstić information content (AvgIpc) is 2.35. The number of nitrogens with one attached hydrogen (secondary N) is 1. The zero-order valence-corrected chi connectivity index (χ0v) is 12.2. The predicted octanol–water partition coefficient (Wildman–Crippen LogP) is 4.83. The Morgan fingerprint density at radius 2 is 1.88 bits per heavy atom. The van der Waals surface area contributed by atoms with Crippen molar-refractivity contribution in [2.24, 2.45) is 5.92 Å². The van der Waals surface area contributed by atoms with Crippen LogP contribution in [0, 0.1) is 5.92 Å². The van der Waals surface area contributed by atoms with Crippen LogP contribution in [0.2, 0.25) is 0 Å². The molecule has 0 spiro atoms. The molecule has 1 nitrogen and oxygen atoms in total. The van der Waals surface area contributed by atoms with Crippen LogP contribution in [-0.4, -0.2) is 7.05 Å². The highest BCUT2D eigenvalue weighted by Crippen LogP contribution is 2.20. The first kappa shape index (κ1) is 16.0. The molecule has 98 valence electrons. The highest BCUT2D eigenvalue weighted by Gasteiger charge is 2.07. The van der Waals surface area contributed by atoms with Gasteiger partial charge < -0.3 is 5.32 Å². The molecule has 1 N–H and O–H groups in total. The maximum atomic E-state index is 3.27. The number of hydrogen-bond acceptors (Lipinski definition) is 1. The van der Waals surface area contributed by atoms with Crippen molar-refractivity contribution >= 4 is 0 Å². The highest BCUT2D eigenvalue weighted by molar-refractivity contribution is 5.07. The Morgan fingerprint density at radius 3 is 2.35 bits per heavy atom. The molecule has 0 fully saturated rings. The molecule has 0 heterocycles. The Kier molecular flexibility index (Phi) is 9.60. The van der Waals surface area contributed by atoms with Crippen LogP contribution in [0.3, 0.4) is 0 Å². The van der Waals surface area contributed by atoms with E-state index in [0.717, 1.165) is 12.8 Å². The smallest absolute Gasteiger partial charge is 0.00667 e. The standard InChI is InChI=1S/C16H29N/c1-6-9-10-11-15(12-14(4)7-2)13-16(8-3)17-5/h7-8,10-11,15,17H,6,9,12-13H2,1-5H3/b11-10+,14-7+,16-8-. The summed E-state index contributed by atoms with van der Waals surface area (Å²) in [5.41, 5.74) is 2.81. The Bertz CT molecular complexity index is 271. The van der Waals surface area contributed by atoms with E-state index in [4.69, 9.17) is 0 Å². The summed E-state index contributed by atoms with van der Waals surface area (Å²) >= 11 is 0. The van der Waals surface area contributed by atoms with E-state index in [2.05, 4.69) is 57.3 Å². The zero-order chi connectivity index (χ0) is 13.1. The van der Waals surface area contributed by atoms with Crippen molar-refractivity contribution in [3.05, 3.63) is 35.6 Å². The molecule has 0 saturated carbocycles. The first-order valence-corrected chi connectivity index (χ1v) is 6.79. The molecular weight excluding hydrogens is 206 g/mol. The molecule has 1 heteroatoms. The lowest BCUT2D eigenvalue weighted by molar-refractivity contribution is 0.610. The Balaban J connectivity index is 4.49. The van der Waals surface area contributed by atoms with Crippen molar-refractivity contribution in [3.63, 3.8) is 0 Å². The minimum atomic E-state index is 0.622. The fourth-order valence-electron chi connectivity index (χ4n) is 1.84. The van der Waals surface area contributed by atoms with Gasteiger partial charge in [-0.1, -0.05) is 43.2 Å². The van der Waals surface area contributed by atoms with Gasteiger partial charge >= 0.3 is 0 Å². The molecule has 1 atom stereocenters. The molecule has 0 bridgehead atoms. The minimum Gasteiger partial charge on any atom is -0.392 e. The van der Waals surface area contributed by atoms with Gasteiger partial charge in [0.2, 0.25) is 0 Å². The molecule has 1 unspecified atom stereocenters. The van der Waals surface area contributed by atoms with Crippen LogP contribution in [0.25, 0.3) is 0 Å². The van der Waals surface area contributed by atoms with Crippen LogP contribution in [0.5, 0.6) is 0 Å². The molecule has 0 rings (SSSR count). The van der Waals surface area contributed by atoms with E-state index in [0.29, 0.717) is 5.92 Å². The Labute approximate surface area is 108 Å². The van der Waals surface area contributed by atoms with Gasteiger partial charge in [-0.25, -0.2) is 0 Å². The first-order valence-electron chi connectivity index (χ1n) is 6.79. The molecule has 0 aliphatic rings. The van der Waals surface area contributed by atoms with E-state index < -0.39 is 0 Å². The third-order valence-electron chi connectivity index (χ3n) is 3.09. The summed E-state index contributed by atoms with van der Waals surface area (Å²) < 4.78 is 0. The van der Waals surface area contributed by atoms with E-state index in [9.17, 15) is 0 Å². The molecule has 0 aliphatic heterocycles. The predicted molar refractivity (Wildman–Crippen MR) is 79.0 cm³/mol. The van der Waals surface area contributed by atoms with Crippen molar-refractivity contribution in [1.82, 2.24) is 5.32 Å². The summed E-state index contributed by atoms with van der Waals surface area (Å²) in [6.07, 6.45) is 13.8. The summed E-state index contributed by atoms with van der Waals surface area (Å²) in [7, 11) is 2.00. The van der Waals surface area contributed by atoms with Crippen molar-refractivity contribution < 1.29 is 0 Å². The fourth-order valence-corrected chi connectivity index (χ4v) is 1.84. The summed E-state index contributed by atoms with van der Waals surface area (Å²) in [4.78, 5) is 0. The van der Waals surface area contributed by atoms with E-state index in [-0.39, 0.29) is 0 Å². The summed E-state index contributed by atoms with van der Waals surface area (Å²) in [5, 5.41) is 3.27. The first-order chi connectivity index (χ1) is 8.17. The molecular formula is C16H29N. The van der Waals surface area contributed by atoms with Crippen molar-refractivity contribution in [1.29, 1.82) is 0 Å². The Hall–Kier alpha value is -0.980. The zero-order valence-electron chi connectivity index (χ0n) is 12.2. The number of allylic oxidation sites excluding steroid dienone is 6. The van der Waals surface area contributed by atoms with Gasteiger partial charge in [0.25, 0.3) is 0 Å². The monoisotopic (exact) mass is 235 g/mol. The lowest BCUT2D eigenvalue weighted by Gasteiger charge is -2.15. The van der Waals surface area contributed by atoms with Gasteiger partial charge in [0.15, 0.2) is 0 Å². The maximum Gasteiger partial charge on any atom is 0.00667 e. The van der Waals surface area contributed by atoms with Gasteiger partial charge in [-0.15, -0.1) is 0 Å². The molecule has 0 amide bonds. The lowest BCUT2D eigenvalue weighted by Crippen LogP contribution is -2.10. The van der Waals surface area contributed by atoms with Gasteiger partial charge in [-0.2, -0.15) is 0 Å². The van der Waals surface area contributed by atoms with Gasteiger partial charge in [0.1, 0.15) is 0 Å². The van der Waals surface area contributed by atoms with Crippen LogP contribution in [0.4, 0.5) is 0 Å². The van der Waals surface area contributed by atoms with Crippen LogP contribution in [0.15, 0.2) is 35.6 Å². The van der Waals surface area contributed by atoms with Crippen molar-refractivity contribution in [2.45, 2.75) is 53.4 Å². The van der Waals surface area contributed by atoms with Crippen molar-refractivity contribution in [2.75, 3.05) is 7.05 Å². The van der Waals surface area contributed by atoms with E-state index in [1.807, 2.05) is 7.05 Å². The molecule has 17 heavy (non-hydrogen) atoms. The molecule has 0 saturated heterocycles. The maximum absolute atomic E-state index is 3.27. The molecule has 0 radical (unpaired) electrons. The molecule has 0 aromatic heterocycles. The quantitative estimate of drug-likeness (QED) is 0.594. The van der Waals surface area contributed by atoms with Crippen molar-refractivity contribution in [3.8, 4) is 0 Å². The molecule has 0 aromatic rings. The topological polar surface area (TPSA) is 12.0 Å². The van der Waals surface area contributed by atoms with Crippen LogP contribution in [0.1, 0.15) is 53.4 Å². The van der Waals surface area contributed by atoms with Gasteiger partial charge in [-0.05, 0) is 46.0 Å². The highest BCUT2D eigenvalue weighted by atomic mass is 14.8. The lowest BCUT2D eigenvalue weighted by atomic mass is 9.94. The molecule has 0 aromatic carbocycles. The second-order valence-electron chi connectivity index (χ2n) is 4.58. The number of rotatable bonds is 8. The van der Waals surface area contributed by atoms with E-state index in [1.165, 1.54) is 24.1 Å². The fraction of sp³-hybridized carbons (Fsp3) is 0.625. The average molecular weight is 235 g/mol. The summed E-state index contributed by atoms with van der Waals surface area (Å²) in [6, 6.07) is 0. The minimum absolute atomic E-state index is 0.622. The summed E-state index contributed by atoms with van der Waals surface area (Å²) in [5.74, 6) is 0.622. The largest absolute Gasteiger partial charge is 0.392 e. The second kappa shape index (κ2) is 10.2.